The predicted octanol–water partition coefficient (Wildman–Crippen LogP) is 3.55. The van der Waals surface area contributed by atoms with Gasteiger partial charge in [-0.2, -0.15) is 5.26 Å². The molecule has 188 valence electrons. The number of benzene rings is 1. The van der Waals surface area contributed by atoms with Gasteiger partial charge in [0, 0.05) is 56.5 Å². The summed E-state index contributed by atoms with van der Waals surface area (Å²) in [7, 11) is 0. The quantitative estimate of drug-likeness (QED) is 0.515. The van der Waals surface area contributed by atoms with Crippen LogP contribution in [0.15, 0.2) is 36.8 Å². The first-order valence-corrected chi connectivity index (χ1v) is 12.2. The second-order valence-electron chi connectivity index (χ2n) is 8.48. The first kappa shape index (κ1) is 26.0. The van der Waals surface area contributed by atoms with Crippen LogP contribution in [0.1, 0.15) is 40.5 Å². The average Bonchev–Trinajstić information content (AvgIpc) is 2.91. The lowest BCUT2D eigenvalue weighted by molar-refractivity contribution is 0.0635. The SMILES string of the molecule is CCc1ncnc(-c2cc(F)c(C(=O)N3CCN(CCC#N)CC3)c(Cl)c2)c1C#Cc1ccc(N)nc1. The van der Waals surface area contributed by atoms with Crippen molar-refractivity contribution in [1.82, 2.24) is 24.8 Å². The van der Waals surface area contributed by atoms with Gasteiger partial charge in [-0.3, -0.25) is 9.69 Å². The van der Waals surface area contributed by atoms with Gasteiger partial charge in [-0.05, 0) is 30.7 Å². The highest BCUT2D eigenvalue weighted by Gasteiger charge is 2.27. The third kappa shape index (κ3) is 6.03. The van der Waals surface area contributed by atoms with Gasteiger partial charge in [0.05, 0.1) is 33.6 Å². The minimum Gasteiger partial charge on any atom is -0.384 e. The highest BCUT2D eigenvalue weighted by atomic mass is 35.5. The zero-order chi connectivity index (χ0) is 26.4. The first-order chi connectivity index (χ1) is 17.9. The normalized spacial score (nSPS) is 13.5. The van der Waals surface area contributed by atoms with E-state index >= 15 is 4.39 Å². The van der Waals surface area contributed by atoms with Crippen LogP contribution in [0.2, 0.25) is 5.02 Å². The fourth-order valence-electron chi connectivity index (χ4n) is 4.11. The number of nitrogens with two attached hydrogens (primary N) is 1. The molecule has 2 N–H and O–H groups in total. The molecule has 3 heterocycles. The summed E-state index contributed by atoms with van der Waals surface area (Å²) in [4.78, 5) is 29.6. The van der Waals surface area contributed by atoms with Crippen LogP contribution in [0.3, 0.4) is 0 Å². The van der Waals surface area contributed by atoms with E-state index in [1.807, 2.05) is 6.92 Å². The van der Waals surface area contributed by atoms with Crippen LogP contribution in [0.5, 0.6) is 0 Å². The van der Waals surface area contributed by atoms with E-state index in [-0.39, 0.29) is 10.6 Å². The van der Waals surface area contributed by atoms with Crippen LogP contribution >= 0.6 is 11.6 Å². The van der Waals surface area contributed by atoms with Crippen molar-refractivity contribution < 1.29 is 9.18 Å². The standard InChI is InChI=1S/C27H25ClFN7O/c1-2-23-20(6-4-18-5-7-24(31)32-16-18)26(34-17-33-23)19-14-21(28)25(22(29)15-19)27(37)36-12-10-35(11-13-36)9-3-8-30/h5,7,14-17H,2-3,9-13H2,1H3,(H2,31,32). The van der Waals surface area contributed by atoms with E-state index in [1.54, 1.807) is 29.3 Å². The number of halogens is 2. The van der Waals surface area contributed by atoms with Gasteiger partial charge in [-0.25, -0.2) is 19.3 Å². The molecule has 1 aromatic carbocycles. The van der Waals surface area contributed by atoms with E-state index in [9.17, 15) is 4.79 Å². The number of carbonyl (C=O) groups is 1. The van der Waals surface area contributed by atoms with E-state index < -0.39 is 11.7 Å². The molecule has 0 bridgehead atoms. The number of nitriles is 1. The maximum absolute atomic E-state index is 15.4. The number of amides is 1. The topological polar surface area (TPSA) is 112 Å². The molecule has 1 aliphatic rings. The Morgan fingerprint density at radius 3 is 2.59 bits per heavy atom. The molecule has 0 saturated carbocycles. The van der Waals surface area contributed by atoms with Gasteiger partial charge in [0.2, 0.25) is 0 Å². The number of aryl methyl sites for hydroxylation is 1. The molecule has 37 heavy (non-hydrogen) atoms. The molecule has 10 heteroatoms. The van der Waals surface area contributed by atoms with Crippen molar-refractivity contribution in [3.63, 3.8) is 0 Å². The van der Waals surface area contributed by atoms with Crippen LogP contribution in [0, 0.1) is 29.0 Å². The van der Waals surface area contributed by atoms with Crippen molar-refractivity contribution in [3.05, 3.63) is 70.0 Å². The molecule has 0 unspecified atom stereocenters. The van der Waals surface area contributed by atoms with Gasteiger partial charge in [0.25, 0.3) is 5.91 Å². The van der Waals surface area contributed by atoms with E-state index in [0.717, 1.165) is 0 Å². The summed E-state index contributed by atoms with van der Waals surface area (Å²) in [5, 5.41) is 8.77. The maximum Gasteiger partial charge on any atom is 0.258 e. The molecular formula is C27H25ClFN7O. The van der Waals surface area contributed by atoms with E-state index in [2.05, 4.69) is 37.8 Å². The number of hydrogen-bond donors (Lipinski definition) is 1. The Morgan fingerprint density at radius 2 is 1.95 bits per heavy atom. The lowest BCUT2D eigenvalue weighted by Crippen LogP contribution is -2.49. The number of rotatable bonds is 5. The number of hydrogen-bond acceptors (Lipinski definition) is 7. The molecule has 8 nitrogen and oxygen atoms in total. The summed E-state index contributed by atoms with van der Waals surface area (Å²) in [6.45, 7) is 4.72. The molecule has 1 fully saturated rings. The van der Waals surface area contributed by atoms with Gasteiger partial charge < -0.3 is 10.6 Å². The fourth-order valence-corrected chi connectivity index (χ4v) is 4.40. The van der Waals surface area contributed by atoms with Gasteiger partial charge in [-0.15, -0.1) is 0 Å². The number of nitrogens with zero attached hydrogens (tertiary/aromatic N) is 6. The third-order valence-corrected chi connectivity index (χ3v) is 6.41. The molecule has 0 spiro atoms. The van der Waals surface area contributed by atoms with E-state index in [4.69, 9.17) is 22.6 Å². The fraction of sp³-hybridized carbons (Fsp3) is 0.296. The Hall–Kier alpha value is -4.05. The highest BCUT2D eigenvalue weighted by molar-refractivity contribution is 6.34. The molecule has 1 saturated heterocycles. The van der Waals surface area contributed by atoms with Crippen LogP contribution in [0.25, 0.3) is 11.3 Å². The second-order valence-corrected chi connectivity index (χ2v) is 8.88. The zero-order valence-corrected chi connectivity index (χ0v) is 21.1. The molecular weight excluding hydrogens is 493 g/mol. The third-order valence-electron chi connectivity index (χ3n) is 6.11. The van der Waals surface area contributed by atoms with Crippen LogP contribution < -0.4 is 5.73 Å². The molecule has 0 atom stereocenters. The van der Waals surface area contributed by atoms with Crippen molar-refractivity contribution in [3.8, 4) is 29.2 Å². The van der Waals surface area contributed by atoms with Crippen LogP contribution in [0.4, 0.5) is 10.2 Å². The Kier molecular flexibility index (Phi) is 8.29. The smallest absolute Gasteiger partial charge is 0.258 e. The molecule has 0 radical (unpaired) electrons. The van der Waals surface area contributed by atoms with Crippen molar-refractivity contribution in [1.29, 1.82) is 5.26 Å². The van der Waals surface area contributed by atoms with Crippen molar-refractivity contribution in [2.45, 2.75) is 19.8 Å². The number of aromatic nitrogens is 3. The summed E-state index contributed by atoms with van der Waals surface area (Å²) in [6.07, 6.45) is 3.99. The number of piperazine rings is 1. The molecule has 1 aliphatic heterocycles. The summed E-state index contributed by atoms with van der Waals surface area (Å²) in [6, 6.07) is 8.34. The molecule has 3 aromatic rings. The molecule has 2 aromatic heterocycles. The Bertz CT molecular complexity index is 1380. The van der Waals surface area contributed by atoms with Crippen LogP contribution in [-0.2, 0) is 6.42 Å². The summed E-state index contributed by atoms with van der Waals surface area (Å²) in [5.74, 6) is 5.34. The summed E-state index contributed by atoms with van der Waals surface area (Å²) < 4.78 is 15.4. The second kappa shape index (κ2) is 11.8. The van der Waals surface area contributed by atoms with E-state index in [0.29, 0.717) is 79.5 Å². The summed E-state index contributed by atoms with van der Waals surface area (Å²) in [5.41, 5.74) is 8.21. The minimum atomic E-state index is -0.724. The maximum atomic E-state index is 15.4. The predicted molar refractivity (Wildman–Crippen MR) is 139 cm³/mol. The Balaban J connectivity index is 1.63. The molecule has 0 aliphatic carbocycles. The zero-order valence-electron chi connectivity index (χ0n) is 20.3. The Labute approximate surface area is 219 Å². The van der Waals surface area contributed by atoms with Gasteiger partial charge >= 0.3 is 0 Å². The van der Waals surface area contributed by atoms with E-state index in [1.165, 1.54) is 12.4 Å². The highest BCUT2D eigenvalue weighted by Crippen LogP contribution is 2.31. The van der Waals surface area contributed by atoms with Gasteiger partial charge in [0.1, 0.15) is 18.0 Å². The number of nitrogen functional groups attached to an aromatic ring is 1. The minimum absolute atomic E-state index is 0.00483. The molecule has 4 rings (SSSR count). The Morgan fingerprint density at radius 1 is 1.16 bits per heavy atom. The average molecular weight is 518 g/mol. The first-order valence-electron chi connectivity index (χ1n) is 11.9. The van der Waals surface area contributed by atoms with Crippen molar-refractivity contribution >= 4 is 23.3 Å². The number of carbonyl (C=O) groups excluding carboxylic acids is 1. The number of anilines is 1. The van der Waals surface area contributed by atoms with Gasteiger partial charge in [-0.1, -0.05) is 30.4 Å². The van der Waals surface area contributed by atoms with Crippen molar-refractivity contribution in [2.75, 3.05) is 38.5 Å². The van der Waals surface area contributed by atoms with Gasteiger partial charge in [0.15, 0.2) is 0 Å². The summed E-state index contributed by atoms with van der Waals surface area (Å²) >= 11 is 6.48. The number of pyridine rings is 1. The molecule has 1 amide bonds. The van der Waals surface area contributed by atoms with Crippen molar-refractivity contribution in [2.24, 2.45) is 0 Å². The largest absolute Gasteiger partial charge is 0.384 e. The van der Waals surface area contributed by atoms with Crippen LogP contribution in [-0.4, -0.2) is 63.4 Å². The monoisotopic (exact) mass is 517 g/mol. The lowest BCUT2D eigenvalue weighted by atomic mass is 10.0. The lowest BCUT2D eigenvalue weighted by Gasteiger charge is -2.34.